The summed E-state index contributed by atoms with van der Waals surface area (Å²) in [6.07, 6.45) is 8.73. The van der Waals surface area contributed by atoms with E-state index in [4.69, 9.17) is 5.11 Å². The van der Waals surface area contributed by atoms with Crippen molar-refractivity contribution in [1.82, 2.24) is 9.97 Å². The molecule has 4 heterocycles. The number of anilines is 4. The van der Waals surface area contributed by atoms with Gasteiger partial charge >= 0.3 is 0 Å². The summed E-state index contributed by atoms with van der Waals surface area (Å²) in [5.74, 6) is 2.09. The van der Waals surface area contributed by atoms with Gasteiger partial charge in [0.1, 0.15) is 5.82 Å². The third kappa shape index (κ3) is 6.39. The van der Waals surface area contributed by atoms with Crippen molar-refractivity contribution in [2.45, 2.75) is 32.6 Å². The number of fused-ring (bicyclic) bond motifs is 7. The molecule has 1 saturated heterocycles. The van der Waals surface area contributed by atoms with Crippen molar-refractivity contribution in [1.29, 1.82) is 0 Å². The van der Waals surface area contributed by atoms with Crippen LogP contribution >= 0.6 is 11.9 Å². The van der Waals surface area contributed by atoms with E-state index in [1.54, 1.807) is 6.07 Å². The molecule has 1 aromatic heterocycles. The SMILES string of the molecule is Cc1cc2nc(n1)NCC/C=C/CC1CCN(CC1)c1cc(NSCCO)ccc1C(=O)N2. The molecule has 0 radical (unpaired) electrons. The highest BCUT2D eigenvalue weighted by molar-refractivity contribution is 8.00. The Hall–Kier alpha value is -2.78. The topological polar surface area (TPSA) is 102 Å². The fourth-order valence-corrected chi connectivity index (χ4v) is 4.69. The van der Waals surface area contributed by atoms with Crippen molar-refractivity contribution in [2.24, 2.45) is 5.92 Å². The average Bonchev–Trinajstić information content (AvgIpc) is 2.81. The van der Waals surface area contributed by atoms with E-state index >= 15 is 0 Å². The Balaban J connectivity index is 1.65. The lowest BCUT2D eigenvalue weighted by molar-refractivity contribution is 0.102. The summed E-state index contributed by atoms with van der Waals surface area (Å²) in [6.45, 7) is 4.60. The van der Waals surface area contributed by atoms with Gasteiger partial charge in [0.25, 0.3) is 5.91 Å². The molecule has 3 aliphatic rings. The molecule has 4 N–H and O–H groups in total. The van der Waals surface area contributed by atoms with Gasteiger partial charge in [0.05, 0.1) is 17.9 Å². The Labute approximate surface area is 199 Å². The number of amides is 1. The third-order valence-electron chi connectivity index (χ3n) is 5.91. The number of nitrogens with zero attached hydrogens (tertiary/aromatic N) is 3. The van der Waals surface area contributed by atoms with Crippen LogP contribution in [-0.4, -0.2) is 53.0 Å². The minimum absolute atomic E-state index is 0.113. The van der Waals surface area contributed by atoms with Gasteiger partial charge in [-0.2, -0.15) is 4.98 Å². The van der Waals surface area contributed by atoms with Crippen LogP contribution in [0.15, 0.2) is 36.4 Å². The molecule has 5 rings (SSSR count). The first-order chi connectivity index (χ1) is 16.1. The summed E-state index contributed by atoms with van der Waals surface area (Å²) in [5, 5.41) is 15.3. The van der Waals surface area contributed by atoms with E-state index in [0.717, 1.165) is 62.4 Å². The van der Waals surface area contributed by atoms with Gasteiger partial charge in [-0.05, 0) is 56.7 Å². The van der Waals surface area contributed by atoms with Crippen LogP contribution in [0.25, 0.3) is 0 Å². The highest BCUT2D eigenvalue weighted by Gasteiger charge is 2.23. The van der Waals surface area contributed by atoms with Crippen molar-refractivity contribution >= 4 is 41.0 Å². The van der Waals surface area contributed by atoms with Crippen LogP contribution in [0.5, 0.6) is 0 Å². The van der Waals surface area contributed by atoms with E-state index < -0.39 is 0 Å². The van der Waals surface area contributed by atoms with E-state index in [-0.39, 0.29) is 12.5 Å². The number of aliphatic hydroxyl groups is 1. The molecule has 2 aromatic rings. The second-order valence-electron chi connectivity index (χ2n) is 8.43. The lowest BCUT2D eigenvalue weighted by Crippen LogP contribution is -2.35. The first-order valence-electron chi connectivity index (χ1n) is 11.6. The smallest absolute Gasteiger partial charge is 0.258 e. The molecule has 8 nitrogen and oxygen atoms in total. The Morgan fingerprint density at radius 2 is 2.06 bits per heavy atom. The summed E-state index contributed by atoms with van der Waals surface area (Å²) < 4.78 is 3.27. The van der Waals surface area contributed by atoms with Crippen molar-refractivity contribution in [3.8, 4) is 0 Å². The molecule has 1 amide bonds. The maximum absolute atomic E-state index is 13.3. The lowest BCUT2D eigenvalue weighted by atomic mass is 9.92. The van der Waals surface area contributed by atoms with Crippen LogP contribution in [0.3, 0.4) is 0 Å². The number of aryl methyl sites for hydroxylation is 1. The second kappa shape index (κ2) is 11.4. The molecule has 0 aliphatic carbocycles. The Kier molecular flexibility index (Phi) is 8.06. The van der Waals surface area contributed by atoms with Gasteiger partial charge in [-0.25, -0.2) is 4.98 Å². The molecule has 33 heavy (non-hydrogen) atoms. The zero-order chi connectivity index (χ0) is 23.0. The fraction of sp³-hybridized carbons (Fsp3) is 0.458. The largest absolute Gasteiger partial charge is 0.395 e. The van der Waals surface area contributed by atoms with Crippen molar-refractivity contribution in [3.05, 3.63) is 47.7 Å². The average molecular weight is 469 g/mol. The third-order valence-corrected chi connectivity index (χ3v) is 6.67. The molecular weight excluding hydrogens is 436 g/mol. The molecule has 1 aromatic carbocycles. The number of benzene rings is 1. The standard InChI is InChI=1S/C24H32N6O2S/c1-17-15-22-27-23(32)20-7-6-19(29-33-14-13-31)16-21(20)30-11-8-18(9-12-30)5-3-2-4-10-25-24(26-17)28-22/h2-3,6-7,15-16,18,29,31H,4-5,8-14H2,1H3,(H2,25,26,27,28,32)/b3-2+. The van der Waals surface area contributed by atoms with Gasteiger partial charge < -0.3 is 25.4 Å². The van der Waals surface area contributed by atoms with Gasteiger partial charge in [-0.3, -0.25) is 4.79 Å². The predicted octanol–water partition coefficient (Wildman–Crippen LogP) is 4.07. The number of rotatable bonds is 4. The fourth-order valence-electron chi connectivity index (χ4n) is 4.21. The quantitative estimate of drug-likeness (QED) is 0.303. The molecule has 0 atom stereocenters. The maximum atomic E-state index is 13.3. The van der Waals surface area contributed by atoms with Gasteiger partial charge in [-0.15, -0.1) is 0 Å². The zero-order valence-electron chi connectivity index (χ0n) is 19.0. The molecule has 9 heteroatoms. The number of hydrogen-bond acceptors (Lipinski definition) is 8. The first kappa shape index (κ1) is 23.4. The number of nitrogens with one attached hydrogen (secondary N) is 3. The van der Waals surface area contributed by atoms with Crippen LogP contribution in [0.4, 0.5) is 23.1 Å². The number of hydrogen-bond donors (Lipinski definition) is 4. The minimum atomic E-state index is -0.184. The highest BCUT2D eigenvalue weighted by Crippen LogP contribution is 2.31. The van der Waals surface area contributed by atoms with Crippen molar-refractivity contribution < 1.29 is 9.90 Å². The summed E-state index contributed by atoms with van der Waals surface area (Å²) in [4.78, 5) is 24.6. The summed E-state index contributed by atoms with van der Waals surface area (Å²) in [7, 11) is 0. The monoisotopic (exact) mass is 468 g/mol. The van der Waals surface area contributed by atoms with E-state index in [9.17, 15) is 4.79 Å². The summed E-state index contributed by atoms with van der Waals surface area (Å²) >= 11 is 1.45. The Morgan fingerprint density at radius 3 is 2.88 bits per heavy atom. The molecule has 0 unspecified atom stereocenters. The van der Waals surface area contributed by atoms with E-state index in [1.807, 2.05) is 25.1 Å². The van der Waals surface area contributed by atoms with Gasteiger partial charge in [0.15, 0.2) is 0 Å². The van der Waals surface area contributed by atoms with E-state index in [0.29, 0.717) is 29.0 Å². The number of carbonyl (C=O) groups excluding carboxylic acids is 1. The van der Waals surface area contributed by atoms with Gasteiger partial charge in [0, 0.05) is 42.8 Å². The zero-order valence-corrected chi connectivity index (χ0v) is 19.8. The van der Waals surface area contributed by atoms with Gasteiger partial charge in [-0.1, -0.05) is 24.1 Å². The molecule has 4 bridgehead atoms. The van der Waals surface area contributed by atoms with Gasteiger partial charge in [0.2, 0.25) is 5.95 Å². The van der Waals surface area contributed by atoms with Crippen LogP contribution in [0, 0.1) is 12.8 Å². The van der Waals surface area contributed by atoms with E-state index in [2.05, 4.69) is 42.4 Å². The van der Waals surface area contributed by atoms with Crippen LogP contribution < -0.4 is 20.3 Å². The van der Waals surface area contributed by atoms with Crippen LogP contribution in [0.1, 0.15) is 41.7 Å². The Bertz CT molecular complexity index is 991. The number of allylic oxidation sites excluding steroid dienone is 1. The Morgan fingerprint density at radius 1 is 1.21 bits per heavy atom. The minimum Gasteiger partial charge on any atom is -0.395 e. The summed E-state index contributed by atoms with van der Waals surface area (Å²) in [6, 6.07) is 7.58. The van der Waals surface area contributed by atoms with Crippen molar-refractivity contribution in [3.63, 3.8) is 0 Å². The summed E-state index contributed by atoms with van der Waals surface area (Å²) in [5.41, 5.74) is 3.25. The maximum Gasteiger partial charge on any atom is 0.258 e. The molecule has 1 fully saturated rings. The van der Waals surface area contributed by atoms with Crippen LogP contribution in [0.2, 0.25) is 0 Å². The molecule has 0 spiro atoms. The number of carbonyl (C=O) groups is 1. The molecule has 3 aliphatic heterocycles. The molecule has 176 valence electrons. The van der Waals surface area contributed by atoms with Crippen LogP contribution in [-0.2, 0) is 0 Å². The first-order valence-corrected chi connectivity index (χ1v) is 12.5. The number of piperidine rings is 1. The predicted molar refractivity (Wildman–Crippen MR) is 136 cm³/mol. The highest BCUT2D eigenvalue weighted by atomic mass is 32.2. The molecular formula is C24H32N6O2S. The van der Waals surface area contributed by atoms with E-state index in [1.165, 1.54) is 11.9 Å². The second-order valence-corrected chi connectivity index (χ2v) is 9.33. The molecule has 0 saturated carbocycles. The lowest BCUT2D eigenvalue weighted by Gasteiger charge is -2.34. The normalized spacial score (nSPS) is 18.1. The number of aromatic nitrogens is 2. The van der Waals surface area contributed by atoms with Crippen molar-refractivity contribution in [2.75, 3.05) is 52.2 Å². The number of aliphatic hydroxyl groups excluding tert-OH is 1.